The highest BCUT2D eigenvalue weighted by Crippen LogP contribution is 2.01. The second-order valence-corrected chi connectivity index (χ2v) is 2.91. The van der Waals surface area contributed by atoms with Crippen LogP contribution in [-0.4, -0.2) is 27.1 Å². The molecule has 0 aromatic carbocycles. The molecule has 0 fully saturated rings. The van der Waals surface area contributed by atoms with E-state index in [0.29, 0.717) is 5.69 Å². The molecule has 1 aromatic heterocycles. The molecule has 0 saturated carbocycles. The maximum absolute atomic E-state index is 10.6. The van der Waals surface area contributed by atoms with E-state index in [1.165, 1.54) is 12.5 Å². The molecule has 0 aliphatic carbocycles. The molecule has 2 atom stereocenters. The highest BCUT2D eigenvalue weighted by molar-refractivity contribution is 7.21. The van der Waals surface area contributed by atoms with E-state index in [-0.39, 0.29) is 6.42 Å². The van der Waals surface area contributed by atoms with Gasteiger partial charge in [0.15, 0.2) is 6.04 Å². The van der Waals surface area contributed by atoms with Gasteiger partial charge >= 0.3 is 14.6 Å². The van der Waals surface area contributed by atoms with Crippen molar-refractivity contribution < 1.29 is 14.5 Å². The Balaban J connectivity index is 2.57. The lowest BCUT2D eigenvalue weighted by atomic mass is 10.2. The number of carbonyl (C=O) groups is 1. The monoisotopic (exact) mass is 202 g/mol. The topological polar surface area (TPSA) is 95.1 Å². The molecule has 0 bridgehead atoms. The summed E-state index contributed by atoms with van der Waals surface area (Å²) in [5.74, 6) is -1.03. The standard InChI is InChI=1S/C6H8N3O3P/c10-6(11)5(9-13-12)1-4-2-7-3-8-4/h2-3,5H,1H2,(H,7,8)(H,9,12)(H,10,11)/p+1. The fourth-order valence-electron chi connectivity index (χ4n) is 0.887. The number of imidazole rings is 1. The summed E-state index contributed by atoms with van der Waals surface area (Å²) < 4.78 is 10.2. The smallest absolute Gasteiger partial charge is 0.419 e. The van der Waals surface area contributed by atoms with E-state index >= 15 is 0 Å². The number of aromatic nitrogens is 2. The van der Waals surface area contributed by atoms with Crippen molar-refractivity contribution in [2.24, 2.45) is 0 Å². The summed E-state index contributed by atoms with van der Waals surface area (Å²) in [6.07, 6.45) is 3.24. The van der Waals surface area contributed by atoms with Gasteiger partial charge in [-0.1, -0.05) is 9.65 Å². The van der Waals surface area contributed by atoms with Crippen LogP contribution in [0.1, 0.15) is 5.69 Å². The third kappa shape index (κ3) is 2.93. The zero-order valence-corrected chi connectivity index (χ0v) is 7.65. The van der Waals surface area contributed by atoms with Crippen LogP contribution in [-0.2, 0) is 15.8 Å². The Labute approximate surface area is 75.6 Å². The minimum atomic E-state index is -1.03. The Kier molecular flexibility index (Phi) is 3.54. The zero-order valence-electron chi connectivity index (χ0n) is 6.65. The number of hydrogen-bond acceptors (Lipinski definition) is 3. The number of H-pyrrole nitrogens is 1. The summed E-state index contributed by atoms with van der Waals surface area (Å²) in [5, 5.41) is 11.0. The predicted molar refractivity (Wildman–Crippen MR) is 45.9 cm³/mol. The van der Waals surface area contributed by atoms with Crippen LogP contribution >= 0.6 is 8.61 Å². The third-order valence-corrected chi connectivity index (χ3v) is 1.98. The summed E-state index contributed by atoms with van der Waals surface area (Å²) in [5.41, 5.74) is 0.693. The Morgan fingerprint density at radius 3 is 3.08 bits per heavy atom. The first-order valence-electron chi connectivity index (χ1n) is 3.56. The van der Waals surface area contributed by atoms with E-state index in [9.17, 15) is 9.36 Å². The number of rotatable bonds is 5. The molecule has 0 aliphatic rings. The molecule has 0 radical (unpaired) electrons. The van der Waals surface area contributed by atoms with Crippen molar-refractivity contribution in [2.45, 2.75) is 12.5 Å². The Morgan fingerprint density at radius 1 is 1.85 bits per heavy atom. The highest BCUT2D eigenvalue weighted by atomic mass is 31.1. The van der Waals surface area contributed by atoms with Crippen molar-refractivity contribution in [1.29, 1.82) is 0 Å². The molecule has 70 valence electrons. The lowest BCUT2D eigenvalue weighted by Gasteiger charge is -2.03. The van der Waals surface area contributed by atoms with Crippen molar-refractivity contribution in [1.82, 2.24) is 15.1 Å². The number of aromatic amines is 1. The minimum Gasteiger partial charge on any atom is -0.480 e. The molecule has 6 nitrogen and oxygen atoms in total. The number of aliphatic carboxylic acids is 1. The average molecular weight is 202 g/mol. The molecule has 0 aliphatic heterocycles. The van der Waals surface area contributed by atoms with E-state index in [1.807, 2.05) is 0 Å². The van der Waals surface area contributed by atoms with Crippen LogP contribution in [0.15, 0.2) is 12.5 Å². The van der Waals surface area contributed by atoms with Crippen molar-refractivity contribution in [3.8, 4) is 0 Å². The van der Waals surface area contributed by atoms with Gasteiger partial charge in [-0.05, 0) is 0 Å². The van der Waals surface area contributed by atoms with Gasteiger partial charge in [0.25, 0.3) is 0 Å². The summed E-state index contributed by atoms with van der Waals surface area (Å²) in [6, 6.07) is -0.837. The fraction of sp³-hybridized carbons (Fsp3) is 0.333. The first-order chi connectivity index (χ1) is 6.24. The van der Waals surface area contributed by atoms with Crippen molar-refractivity contribution in [3.63, 3.8) is 0 Å². The van der Waals surface area contributed by atoms with Crippen LogP contribution in [0.25, 0.3) is 0 Å². The van der Waals surface area contributed by atoms with Crippen LogP contribution in [0, 0.1) is 0 Å². The van der Waals surface area contributed by atoms with Crippen LogP contribution in [0.5, 0.6) is 0 Å². The largest absolute Gasteiger partial charge is 0.480 e. The van der Waals surface area contributed by atoms with Crippen LogP contribution in [0.2, 0.25) is 0 Å². The normalized spacial score (nSPS) is 12.9. The molecule has 1 heterocycles. The van der Waals surface area contributed by atoms with Gasteiger partial charge in [-0.3, -0.25) is 4.79 Å². The lowest BCUT2D eigenvalue weighted by Crippen LogP contribution is -2.32. The van der Waals surface area contributed by atoms with E-state index in [1.54, 1.807) is 0 Å². The molecule has 0 saturated heterocycles. The number of nitrogens with zero attached hydrogens (tertiary/aromatic N) is 1. The van der Waals surface area contributed by atoms with Gasteiger partial charge in [-0.15, -0.1) is 0 Å². The maximum atomic E-state index is 10.6. The average Bonchev–Trinajstić information content (AvgIpc) is 2.56. The van der Waals surface area contributed by atoms with Gasteiger partial charge in [-0.25, -0.2) is 4.98 Å². The number of hydrogen-bond donors (Lipinski definition) is 3. The van der Waals surface area contributed by atoms with Crippen molar-refractivity contribution in [3.05, 3.63) is 18.2 Å². The lowest BCUT2D eigenvalue weighted by molar-refractivity contribution is -0.138. The zero-order chi connectivity index (χ0) is 9.68. The molecule has 1 aromatic rings. The molecular formula is C6H9N3O3P+. The fourth-order valence-corrected chi connectivity index (χ4v) is 1.26. The van der Waals surface area contributed by atoms with Crippen LogP contribution in [0.3, 0.4) is 0 Å². The second kappa shape index (κ2) is 4.69. The second-order valence-electron chi connectivity index (χ2n) is 2.42. The van der Waals surface area contributed by atoms with Gasteiger partial charge in [0.1, 0.15) is 0 Å². The Bertz CT molecular complexity index is 287. The molecule has 1 rings (SSSR count). The quantitative estimate of drug-likeness (QED) is 0.581. The first-order valence-corrected chi connectivity index (χ1v) is 4.47. The van der Waals surface area contributed by atoms with Gasteiger partial charge in [-0.2, -0.15) is 0 Å². The number of nitrogens with one attached hydrogen (secondary N) is 2. The summed E-state index contributed by atoms with van der Waals surface area (Å²) in [4.78, 5) is 17.1. The van der Waals surface area contributed by atoms with Crippen LogP contribution < -0.4 is 5.09 Å². The molecule has 13 heavy (non-hydrogen) atoms. The predicted octanol–water partition coefficient (Wildman–Crippen LogP) is -0.0660. The molecular weight excluding hydrogens is 193 g/mol. The third-order valence-electron chi connectivity index (χ3n) is 1.51. The van der Waals surface area contributed by atoms with E-state index in [0.717, 1.165) is 0 Å². The van der Waals surface area contributed by atoms with E-state index < -0.39 is 20.6 Å². The molecule has 7 heteroatoms. The molecule has 0 amide bonds. The highest BCUT2D eigenvalue weighted by Gasteiger charge is 2.21. The number of carboxylic acid groups (broad SMARTS) is 1. The number of carboxylic acids is 1. The van der Waals surface area contributed by atoms with Gasteiger partial charge in [0.2, 0.25) is 0 Å². The summed E-state index contributed by atoms with van der Waals surface area (Å²) >= 11 is 0. The van der Waals surface area contributed by atoms with Crippen molar-refractivity contribution >= 4 is 14.6 Å². The van der Waals surface area contributed by atoms with Gasteiger partial charge in [0, 0.05) is 18.3 Å². The first kappa shape index (κ1) is 9.83. The molecule has 3 N–H and O–H groups in total. The Hall–Kier alpha value is -1.26. The summed E-state index contributed by atoms with van der Waals surface area (Å²) in [7, 11) is -0.823. The molecule has 2 unspecified atom stereocenters. The maximum Gasteiger partial charge on any atom is 0.419 e. The molecule has 0 spiro atoms. The summed E-state index contributed by atoms with van der Waals surface area (Å²) in [6.45, 7) is 0. The van der Waals surface area contributed by atoms with Crippen molar-refractivity contribution in [2.75, 3.05) is 0 Å². The van der Waals surface area contributed by atoms with E-state index in [4.69, 9.17) is 5.11 Å². The van der Waals surface area contributed by atoms with Gasteiger partial charge < -0.3 is 10.1 Å². The van der Waals surface area contributed by atoms with Gasteiger partial charge in [0.05, 0.1) is 6.33 Å². The Morgan fingerprint density at radius 2 is 2.62 bits per heavy atom. The SMILES string of the molecule is O=[PH+]NC(Cc1cnc[nH]1)C(=O)O. The van der Waals surface area contributed by atoms with E-state index in [2.05, 4.69) is 15.1 Å². The van der Waals surface area contributed by atoms with Crippen LogP contribution in [0.4, 0.5) is 0 Å². The minimum absolute atomic E-state index is 0.241.